The van der Waals surface area contributed by atoms with Crippen LogP contribution in [-0.2, 0) is 0 Å². The summed E-state index contributed by atoms with van der Waals surface area (Å²) in [7, 11) is 0. The van der Waals surface area contributed by atoms with Gasteiger partial charge in [-0.3, -0.25) is 0 Å². The van der Waals surface area contributed by atoms with Gasteiger partial charge in [0, 0.05) is 0 Å². The lowest BCUT2D eigenvalue weighted by atomic mass is 10.0. The van der Waals surface area contributed by atoms with E-state index in [0.29, 0.717) is 0 Å². The molecule has 142 valence electrons. The molecular formula is C25H42. The normalized spacial score (nSPS) is 13.0. The first kappa shape index (κ1) is 23.7. The first-order chi connectivity index (χ1) is 11.8. The molecular weight excluding hydrogens is 300 g/mol. The fourth-order valence-electron chi connectivity index (χ4n) is 2.69. The summed E-state index contributed by atoms with van der Waals surface area (Å²) in [6, 6.07) is 0. The highest BCUT2D eigenvalue weighted by Crippen LogP contribution is 2.13. The van der Waals surface area contributed by atoms with Crippen LogP contribution in [0.4, 0.5) is 0 Å². The minimum absolute atomic E-state index is 1.18. The molecule has 0 aromatic rings. The number of allylic oxidation sites excluding steroid dienone is 10. The summed E-state index contributed by atoms with van der Waals surface area (Å²) in [4.78, 5) is 0. The van der Waals surface area contributed by atoms with Crippen LogP contribution in [0.2, 0.25) is 0 Å². The first-order valence-corrected chi connectivity index (χ1v) is 10.0. The molecule has 0 aromatic carbocycles. The molecule has 0 spiro atoms. The van der Waals surface area contributed by atoms with Crippen LogP contribution in [0.25, 0.3) is 0 Å². The van der Waals surface area contributed by atoms with Crippen molar-refractivity contribution in [2.24, 2.45) is 0 Å². The van der Waals surface area contributed by atoms with E-state index in [9.17, 15) is 0 Å². The van der Waals surface area contributed by atoms with Crippen LogP contribution >= 0.6 is 0 Å². The van der Waals surface area contributed by atoms with Gasteiger partial charge in [-0.1, -0.05) is 58.2 Å². The monoisotopic (exact) mass is 342 g/mol. The summed E-state index contributed by atoms with van der Waals surface area (Å²) in [5, 5.41) is 0. The molecule has 0 radical (unpaired) electrons. The van der Waals surface area contributed by atoms with Crippen molar-refractivity contribution in [1.29, 1.82) is 0 Å². The molecule has 0 unspecified atom stereocenters. The number of rotatable bonds is 12. The summed E-state index contributed by atoms with van der Waals surface area (Å²) in [5.74, 6) is 0. The van der Waals surface area contributed by atoms with E-state index in [1.54, 1.807) is 0 Å². The molecule has 0 N–H and O–H groups in total. The lowest BCUT2D eigenvalue weighted by molar-refractivity contribution is 0.901. The Kier molecular flexibility index (Phi) is 14.2. The van der Waals surface area contributed by atoms with Gasteiger partial charge in [-0.15, -0.1) is 0 Å². The maximum atomic E-state index is 2.42. The standard InChI is InChI=1S/C25H42/c1-21(2)13-10-17-23(5)15-8-9-16-24(6)19-12-20-25(7)18-11-14-22(3)4/h13-16,20H,8-12,17-19H2,1-7H3/b23-15+,24-16?,25-20?. The predicted molar refractivity (Wildman–Crippen MR) is 117 cm³/mol. The van der Waals surface area contributed by atoms with Crippen molar-refractivity contribution in [3.63, 3.8) is 0 Å². The third-order valence-electron chi connectivity index (χ3n) is 4.37. The molecule has 0 saturated heterocycles. The molecule has 0 atom stereocenters. The van der Waals surface area contributed by atoms with Crippen molar-refractivity contribution in [2.75, 3.05) is 0 Å². The Morgan fingerprint density at radius 3 is 1.00 bits per heavy atom. The second kappa shape index (κ2) is 15.0. The van der Waals surface area contributed by atoms with Gasteiger partial charge in [-0.25, -0.2) is 0 Å². The van der Waals surface area contributed by atoms with Crippen LogP contribution in [0.5, 0.6) is 0 Å². The average Bonchev–Trinajstić information content (AvgIpc) is 2.51. The zero-order valence-corrected chi connectivity index (χ0v) is 18.0. The summed E-state index contributed by atoms with van der Waals surface area (Å²) < 4.78 is 0. The van der Waals surface area contributed by atoms with Gasteiger partial charge in [0.1, 0.15) is 0 Å². The van der Waals surface area contributed by atoms with Gasteiger partial charge in [-0.2, -0.15) is 0 Å². The van der Waals surface area contributed by atoms with E-state index in [1.807, 2.05) is 0 Å². The Morgan fingerprint density at radius 1 is 0.400 bits per heavy atom. The molecule has 0 saturated carbocycles. The Morgan fingerprint density at radius 2 is 0.680 bits per heavy atom. The summed E-state index contributed by atoms with van der Waals surface area (Å²) in [5.41, 5.74) is 7.43. The maximum Gasteiger partial charge on any atom is -0.0288 e. The van der Waals surface area contributed by atoms with Crippen molar-refractivity contribution in [3.05, 3.63) is 58.2 Å². The highest BCUT2D eigenvalue weighted by molar-refractivity contribution is 5.07. The topological polar surface area (TPSA) is 0 Å². The lowest BCUT2D eigenvalue weighted by Gasteiger charge is -2.02. The molecule has 0 fully saturated rings. The van der Waals surface area contributed by atoms with Crippen molar-refractivity contribution >= 4 is 0 Å². The molecule has 0 rings (SSSR count). The second-order valence-electron chi connectivity index (χ2n) is 7.91. The quantitative estimate of drug-likeness (QED) is 0.245. The molecule has 0 aliphatic rings. The highest BCUT2D eigenvalue weighted by atomic mass is 14.0. The molecule has 0 nitrogen and oxygen atoms in total. The Balaban J connectivity index is 3.98. The number of unbranched alkanes of at least 4 members (excludes halogenated alkanes) is 1. The lowest BCUT2D eigenvalue weighted by Crippen LogP contribution is -1.81. The molecule has 0 heterocycles. The van der Waals surface area contributed by atoms with Crippen molar-refractivity contribution in [2.45, 2.75) is 99.8 Å². The van der Waals surface area contributed by atoms with E-state index in [1.165, 1.54) is 79.2 Å². The minimum atomic E-state index is 1.18. The van der Waals surface area contributed by atoms with E-state index < -0.39 is 0 Å². The van der Waals surface area contributed by atoms with E-state index in [4.69, 9.17) is 0 Å². The first-order valence-electron chi connectivity index (χ1n) is 10.0. The molecule has 0 aliphatic carbocycles. The fourth-order valence-corrected chi connectivity index (χ4v) is 2.69. The summed E-state index contributed by atoms with van der Waals surface area (Å²) >= 11 is 0. The molecule has 0 aliphatic heterocycles. The zero-order valence-electron chi connectivity index (χ0n) is 18.0. The van der Waals surface area contributed by atoms with E-state index in [2.05, 4.69) is 78.8 Å². The Labute approximate surface area is 158 Å². The van der Waals surface area contributed by atoms with Gasteiger partial charge in [-0.05, 0) is 99.8 Å². The van der Waals surface area contributed by atoms with Crippen LogP contribution < -0.4 is 0 Å². The van der Waals surface area contributed by atoms with Crippen LogP contribution in [0.1, 0.15) is 99.8 Å². The number of hydrogen-bond acceptors (Lipinski definition) is 0. The van der Waals surface area contributed by atoms with Crippen LogP contribution in [0, 0.1) is 0 Å². The fraction of sp³-hybridized carbons (Fsp3) is 0.600. The minimum Gasteiger partial charge on any atom is -0.0856 e. The maximum absolute atomic E-state index is 2.42. The molecule has 0 bridgehead atoms. The van der Waals surface area contributed by atoms with Crippen molar-refractivity contribution in [3.8, 4) is 0 Å². The highest BCUT2D eigenvalue weighted by Gasteiger charge is 1.93. The Bertz CT molecular complexity index is 498. The smallest absolute Gasteiger partial charge is 0.0288 e. The molecule has 25 heavy (non-hydrogen) atoms. The van der Waals surface area contributed by atoms with Gasteiger partial charge in [0.15, 0.2) is 0 Å². The zero-order chi connectivity index (χ0) is 19.1. The molecule has 0 aromatic heterocycles. The van der Waals surface area contributed by atoms with Crippen LogP contribution in [0.3, 0.4) is 0 Å². The largest absolute Gasteiger partial charge is 0.0856 e. The van der Waals surface area contributed by atoms with Gasteiger partial charge >= 0.3 is 0 Å². The number of hydrogen-bond donors (Lipinski definition) is 0. The van der Waals surface area contributed by atoms with Crippen LogP contribution in [-0.4, -0.2) is 0 Å². The van der Waals surface area contributed by atoms with E-state index >= 15 is 0 Å². The van der Waals surface area contributed by atoms with Gasteiger partial charge < -0.3 is 0 Å². The third kappa shape index (κ3) is 17.3. The predicted octanol–water partition coefficient (Wildman–Crippen LogP) is 8.88. The van der Waals surface area contributed by atoms with Gasteiger partial charge in [0.05, 0.1) is 0 Å². The Hall–Kier alpha value is -1.30. The molecule has 0 amide bonds. The average molecular weight is 343 g/mol. The second-order valence-corrected chi connectivity index (χ2v) is 7.91. The third-order valence-corrected chi connectivity index (χ3v) is 4.37. The van der Waals surface area contributed by atoms with Crippen molar-refractivity contribution < 1.29 is 0 Å². The van der Waals surface area contributed by atoms with E-state index in [-0.39, 0.29) is 0 Å². The SMILES string of the molecule is CC(C)=CCCC(C)=CCCC(C)=CCC/C=C(\C)CCC=C(C)C. The van der Waals surface area contributed by atoms with Crippen LogP contribution in [0.15, 0.2) is 58.2 Å². The van der Waals surface area contributed by atoms with E-state index in [0.717, 1.165) is 0 Å². The summed E-state index contributed by atoms with van der Waals surface area (Å²) in [6.45, 7) is 15.5. The van der Waals surface area contributed by atoms with Gasteiger partial charge in [0.2, 0.25) is 0 Å². The van der Waals surface area contributed by atoms with Gasteiger partial charge in [0.25, 0.3) is 0 Å². The molecule has 0 heteroatoms. The van der Waals surface area contributed by atoms with Crippen molar-refractivity contribution in [1.82, 2.24) is 0 Å². The summed E-state index contributed by atoms with van der Waals surface area (Å²) in [6.07, 6.45) is 21.4.